The first-order chi connectivity index (χ1) is 7.86. The molecule has 2 N–H and O–H groups in total. The van der Waals surface area contributed by atoms with Gasteiger partial charge in [-0.05, 0) is 52.3 Å². The van der Waals surface area contributed by atoms with Crippen LogP contribution < -0.4 is 10.6 Å². The Morgan fingerprint density at radius 2 is 2.12 bits per heavy atom. The Morgan fingerprint density at radius 3 is 2.65 bits per heavy atom. The van der Waals surface area contributed by atoms with Gasteiger partial charge in [-0.2, -0.15) is 0 Å². The Morgan fingerprint density at radius 1 is 1.47 bits per heavy atom. The molecule has 0 bridgehead atoms. The zero-order valence-electron chi connectivity index (χ0n) is 9.84. The van der Waals surface area contributed by atoms with E-state index in [1.54, 1.807) is 0 Å². The van der Waals surface area contributed by atoms with Gasteiger partial charge in [-0.3, -0.25) is 4.79 Å². The van der Waals surface area contributed by atoms with Gasteiger partial charge in [-0.15, -0.1) is 0 Å². The number of rotatable bonds is 4. The van der Waals surface area contributed by atoms with Crippen molar-refractivity contribution in [2.45, 2.75) is 26.3 Å². The van der Waals surface area contributed by atoms with Gasteiger partial charge >= 0.3 is 0 Å². The van der Waals surface area contributed by atoms with Crippen LogP contribution in [0.4, 0.5) is 5.82 Å². The SMILES string of the molecule is CCNC(C)(C)C(=O)Nc1ncc(Br)nc1Br. The molecule has 7 heteroatoms. The van der Waals surface area contributed by atoms with Gasteiger partial charge in [0, 0.05) is 0 Å². The van der Waals surface area contributed by atoms with Crippen LogP contribution in [-0.2, 0) is 4.79 Å². The van der Waals surface area contributed by atoms with Crippen LogP contribution in [0.15, 0.2) is 15.4 Å². The number of anilines is 1. The van der Waals surface area contributed by atoms with Crippen LogP contribution in [-0.4, -0.2) is 28.0 Å². The molecule has 0 aliphatic rings. The van der Waals surface area contributed by atoms with Gasteiger partial charge in [0.25, 0.3) is 0 Å². The molecular formula is C10H14Br2N4O. The standard InChI is InChI=1S/C10H14Br2N4O/c1-4-14-10(2,3)9(17)16-8-7(12)15-6(11)5-13-8/h5,14H,4H2,1-3H3,(H,13,16,17). The second kappa shape index (κ2) is 5.88. The topological polar surface area (TPSA) is 66.9 Å². The molecule has 0 radical (unpaired) electrons. The minimum atomic E-state index is -0.650. The number of likely N-dealkylation sites (N-methyl/N-ethyl adjacent to an activating group) is 1. The van der Waals surface area contributed by atoms with Crippen LogP contribution in [0.3, 0.4) is 0 Å². The molecule has 0 saturated heterocycles. The molecule has 0 fully saturated rings. The van der Waals surface area contributed by atoms with Gasteiger partial charge in [0.2, 0.25) is 5.91 Å². The number of halogens is 2. The molecule has 5 nitrogen and oxygen atoms in total. The fourth-order valence-corrected chi connectivity index (χ4v) is 2.13. The molecule has 1 heterocycles. The van der Waals surface area contributed by atoms with Crippen molar-refractivity contribution in [1.29, 1.82) is 0 Å². The quantitative estimate of drug-likeness (QED) is 0.859. The molecule has 1 amide bonds. The normalized spacial score (nSPS) is 11.4. The Kier molecular flexibility index (Phi) is 5.03. The van der Waals surface area contributed by atoms with E-state index in [1.165, 1.54) is 6.20 Å². The molecular weight excluding hydrogens is 352 g/mol. The largest absolute Gasteiger partial charge is 0.307 e. The lowest BCUT2D eigenvalue weighted by Crippen LogP contribution is -2.49. The minimum Gasteiger partial charge on any atom is -0.307 e. The van der Waals surface area contributed by atoms with Crippen LogP contribution in [0.25, 0.3) is 0 Å². The van der Waals surface area contributed by atoms with Crippen molar-refractivity contribution in [2.75, 3.05) is 11.9 Å². The van der Waals surface area contributed by atoms with E-state index in [0.29, 0.717) is 21.6 Å². The Hall–Kier alpha value is -0.530. The van der Waals surface area contributed by atoms with Crippen molar-refractivity contribution >= 4 is 43.6 Å². The number of amides is 1. The molecule has 0 spiro atoms. The highest BCUT2D eigenvalue weighted by molar-refractivity contribution is 9.11. The van der Waals surface area contributed by atoms with Gasteiger partial charge in [0.1, 0.15) is 9.21 Å². The predicted octanol–water partition coefficient (Wildman–Crippen LogP) is 2.33. The number of hydrogen-bond acceptors (Lipinski definition) is 4. The molecule has 0 aromatic carbocycles. The minimum absolute atomic E-state index is 0.156. The highest BCUT2D eigenvalue weighted by Crippen LogP contribution is 2.20. The summed E-state index contributed by atoms with van der Waals surface area (Å²) in [5, 5.41) is 5.81. The molecule has 94 valence electrons. The Balaban J connectivity index is 2.81. The highest BCUT2D eigenvalue weighted by atomic mass is 79.9. The van der Waals surface area contributed by atoms with Gasteiger partial charge < -0.3 is 10.6 Å². The van der Waals surface area contributed by atoms with Gasteiger partial charge in [0.05, 0.1) is 11.7 Å². The van der Waals surface area contributed by atoms with E-state index < -0.39 is 5.54 Å². The lowest BCUT2D eigenvalue weighted by Gasteiger charge is -2.24. The fraction of sp³-hybridized carbons (Fsp3) is 0.500. The average Bonchev–Trinajstić information content (AvgIpc) is 2.22. The summed E-state index contributed by atoms with van der Waals surface area (Å²) < 4.78 is 1.10. The molecule has 1 rings (SSSR count). The van der Waals surface area contributed by atoms with Gasteiger partial charge in [-0.1, -0.05) is 6.92 Å². The maximum Gasteiger partial charge on any atom is 0.245 e. The number of aromatic nitrogens is 2. The maximum atomic E-state index is 12.0. The third kappa shape index (κ3) is 4.01. The van der Waals surface area contributed by atoms with Gasteiger partial charge in [0.15, 0.2) is 5.82 Å². The summed E-state index contributed by atoms with van der Waals surface area (Å²) in [6.45, 7) is 6.29. The second-order valence-corrected chi connectivity index (χ2v) is 5.51. The van der Waals surface area contributed by atoms with Crippen molar-refractivity contribution < 1.29 is 4.79 Å². The third-order valence-electron chi connectivity index (χ3n) is 2.12. The van der Waals surface area contributed by atoms with Crippen LogP contribution in [0, 0.1) is 0 Å². The molecule has 0 aliphatic carbocycles. The molecule has 0 aliphatic heterocycles. The summed E-state index contributed by atoms with van der Waals surface area (Å²) >= 11 is 6.44. The number of nitrogens with zero attached hydrogens (tertiary/aromatic N) is 2. The Bertz CT molecular complexity index is 423. The zero-order valence-corrected chi connectivity index (χ0v) is 13.0. The number of hydrogen-bond donors (Lipinski definition) is 2. The van der Waals surface area contributed by atoms with Crippen LogP contribution in [0.2, 0.25) is 0 Å². The maximum absolute atomic E-state index is 12.0. The molecule has 17 heavy (non-hydrogen) atoms. The second-order valence-electron chi connectivity index (χ2n) is 3.94. The first-order valence-corrected chi connectivity index (χ1v) is 6.70. The van der Waals surface area contributed by atoms with Crippen LogP contribution in [0.5, 0.6) is 0 Å². The average molecular weight is 366 g/mol. The van der Waals surface area contributed by atoms with E-state index in [0.717, 1.165) is 0 Å². The van der Waals surface area contributed by atoms with E-state index in [9.17, 15) is 4.79 Å². The summed E-state index contributed by atoms with van der Waals surface area (Å²) in [7, 11) is 0. The summed E-state index contributed by atoms with van der Waals surface area (Å²) in [5.41, 5.74) is -0.650. The smallest absolute Gasteiger partial charge is 0.245 e. The van der Waals surface area contributed by atoms with Crippen molar-refractivity contribution in [3.05, 3.63) is 15.4 Å². The summed E-state index contributed by atoms with van der Waals surface area (Å²) in [4.78, 5) is 20.2. The van der Waals surface area contributed by atoms with E-state index in [-0.39, 0.29) is 5.91 Å². The van der Waals surface area contributed by atoms with Crippen LogP contribution in [0.1, 0.15) is 20.8 Å². The van der Waals surface area contributed by atoms with Crippen molar-refractivity contribution in [1.82, 2.24) is 15.3 Å². The number of carbonyl (C=O) groups excluding carboxylic acids is 1. The monoisotopic (exact) mass is 364 g/mol. The molecule has 1 aromatic rings. The summed E-state index contributed by atoms with van der Waals surface area (Å²) in [6, 6.07) is 0. The molecule has 0 atom stereocenters. The summed E-state index contributed by atoms with van der Waals surface area (Å²) in [5.74, 6) is 0.251. The Labute approximate surface area is 117 Å². The van der Waals surface area contributed by atoms with E-state index >= 15 is 0 Å². The van der Waals surface area contributed by atoms with Gasteiger partial charge in [-0.25, -0.2) is 9.97 Å². The first kappa shape index (κ1) is 14.5. The predicted molar refractivity (Wildman–Crippen MR) is 73.8 cm³/mol. The first-order valence-electron chi connectivity index (χ1n) is 5.11. The lowest BCUT2D eigenvalue weighted by atomic mass is 10.1. The molecule has 0 saturated carbocycles. The van der Waals surface area contributed by atoms with Crippen molar-refractivity contribution in [3.63, 3.8) is 0 Å². The van der Waals surface area contributed by atoms with E-state index in [2.05, 4.69) is 52.5 Å². The lowest BCUT2D eigenvalue weighted by molar-refractivity contribution is -0.121. The van der Waals surface area contributed by atoms with E-state index in [4.69, 9.17) is 0 Å². The molecule has 1 aromatic heterocycles. The number of nitrogens with one attached hydrogen (secondary N) is 2. The highest BCUT2D eigenvalue weighted by Gasteiger charge is 2.27. The van der Waals surface area contributed by atoms with E-state index in [1.807, 2.05) is 20.8 Å². The van der Waals surface area contributed by atoms with Crippen LogP contribution >= 0.6 is 31.9 Å². The molecule has 0 unspecified atom stereocenters. The fourth-order valence-electron chi connectivity index (χ4n) is 1.22. The van der Waals surface area contributed by atoms with Crippen molar-refractivity contribution in [2.24, 2.45) is 0 Å². The zero-order chi connectivity index (χ0) is 13.1. The third-order valence-corrected chi connectivity index (χ3v) is 3.05. The summed E-state index contributed by atoms with van der Waals surface area (Å²) in [6.07, 6.45) is 1.53. The number of carbonyl (C=O) groups is 1. The van der Waals surface area contributed by atoms with Crippen molar-refractivity contribution in [3.8, 4) is 0 Å².